The second kappa shape index (κ2) is 7.40. The van der Waals surface area contributed by atoms with Crippen molar-refractivity contribution in [2.24, 2.45) is 11.8 Å². The number of nitrogens with zero attached hydrogens (tertiary/aromatic N) is 1. The molecule has 3 heteroatoms. The number of nitrogens with two attached hydrogens (primary N) is 2. The molecule has 4 N–H and O–H groups in total. The molecule has 3 nitrogen and oxygen atoms in total. The van der Waals surface area contributed by atoms with E-state index in [0.717, 1.165) is 35.6 Å². The van der Waals surface area contributed by atoms with E-state index in [-0.39, 0.29) is 0 Å². The lowest BCUT2D eigenvalue weighted by Gasteiger charge is -2.28. The van der Waals surface area contributed by atoms with Crippen molar-refractivity contribution < 1.29 is 0 Å². The average Bonchev–Trinajstić information content (AvgIpc) is 2.48. The third-order valence-corrected chi connectivity index (χ3v) is 3.79. The van der Waals surface area contributed by atoms with E-state index >= 15 is 0 Å². The lowest BCUT2D eigenvalue weighted by molar-refractivity contribution is 0.553. The predicted molar refractivity (Wildman–Crippen MR) is 103 cm³/mol. The van der Waals surface area contributed by atoms with Crippen molar-refractivity contribution in [3.8, 4) is 11.1 Å². The standard InChI is InChI=1S/C20H29N3/c1-14(2)12-23(13-15(3)4)18-8-5-16(6-9-18)19-11-17(21)7-10-20(19)22/h5-11,14-15H,12-13,21-22H2,1-4H3. The molecule has 0 radical (unpaired) electrons. The highest BCUT2D eigenvalue weighted by Crippen LogP contribution is 2.30. The van der Waals surface area contributed by atoms with Gasteiger partial charge in [-0.3, -0.25) is 0 Å². The first kappa shape index (κ1) is 17.2. The van der Waals surface area contributed by atoms with Gasteiger partial charge in [-0.15, -0.1) is 0 Å². The van der Waals surface area contributed by atoms with Crippen molar-refractivity contribution >= 4 is 17.1 Å². The van der Waals surface area contributed by atoms with Crippen molar-refractivity contribution in [2.75, 3.05) is 29.5 Å². The molecule has 0 amide bonds. The number of hydrogen-bond acceptors (Lipinski definition) is 3. The van der Waals surface area contributed by atoms with Gasteiger partial charge in [0.15, 0.2) is 0 Å². The maximum atomic E-state index is 6.09. The second-order valence-corrected chi connectivity index (χ2v) is 7.09. The third-order valence-electron chi connectivity index (χ3n) is 3.79. The predicted octanol–water partition coefficient (Wildman–Crippen LogP) is 4.64. The van der Waals surface area contributed by atoms with Crippen LogP contribution in [0.2, 0.25) is 0 Å². The van der Waals surface area contributed by atoms with E-state index in [1.807, 2.05) is 18.2 Å². The summed E-state index contributed by atoms with van der Waals surface area (Å²) in [6.07, 6.45) is 0. The smallest absolute Gasteiger partial charge is 0.0395 e. The van der Waals surface area contributed by atoms with Crippen LogP contribution in [-0.4, -0.2) is 13.1 Å². The number of rotatable bonds is 6. The Labute approximate surface area is 140 Å². The van der Waals surface area contributed by atoms with E-state index in [9.17, 15) is 0 Å². The zero-order valence-electron chi connectivity index (χ0n) is 14.7. The first-order valence-electron chi connectivity index (χ1n) is 8.37. The maximum absolute atomic E-state index is 6.09. The van der Waals surface area contributed by atoms with Crippen LogP contribution in [0.15, 0.2) is 42.5 Å². The minimum Gasteiger partial charge on any atom is -0.399 e. The highest BCUT2D eigenvalue weighted by Gasteiger charge is 2.11. The van der Waals surface area contributed by atoms with Crippen LogP contribution < -0.4 is 16.4 Å². The van der Waals surface area contributed by atoms with Gasteiger partial charge in [0, 0.05) is 35.7 Å². The van der Waals surface area contributed by atoms with E-state index in [0.29, 0.717) is 11.8 Å². The first-order chi connectivity index (χ1) is 10.9. The number of nitrogen functional groups attached to an aromatic ring is 2. The van der Waals surface area contributed by atoms with Crippen LogP contribution in [0, 0.1) is 11.8 Å². The van der Waals surface area contributed by atoms with Crippen LogP contribution in [-0.2, 0) is 0 Å². The number of anilines is 3. The van der Waals surface area contributed by atoms with Crippen LogP contribution in [0.1, 0.15) is 27.7 Å². The molecule has 0 heterocycles. The van der Waals surface area contributed by atoms with E-state index < -0.39 is 0 Å². The summed E-state index contributed by atoms with van der Waals surface area (Å²) in [5.74, 6) is 1.27. The van der Waals surface area contributed by atoms with Crippen LogP contribution in [0.5, 0.6) is 0 Å². The van der Waals surface area contributed by atoms with Crippen LogP contribution in [0.3, 0.4) is 0 Å². The summed E-state index contributed by atoms with van der Waals surface area (Å²) in [7, 11) is 0. The van der Waals surface area contributed by atoms with E-state index in [1.54, 1.807) is 0 Å². The second-order valence-electron chi connectivity index (χ2n) is 7.09. The minimum atomic E-state index is 0.637. The molecule has 0 aliphatic carbocycles. The van der Waals surface area contributed by atoms with E-state index in [2.05, 4.69) is 56.9 Å². The fraction of sp³-hybridized carbons (Fsp3) is 0.400. The molecule has 2 rings (SSSR count). The zero-order chi connectivity index (χ0) is 17.0. The van der Waals surface area contributed by atoms with E-state index in [4.69, 9.17) is 11.5 Å². The lowest BCUT2D eigenvalue weighted by Crippen LogP contribution is -2.31. The molecule has 2 aromatic rings. The normalized spacial score (nSPS) is 11.2. The summed E-state index contributed by atoms with van der Waals surface area (Å²) in [6, 6.07) is 14.3. The maximum Gasteiger partial charge on any atom is 0.0395 e. The molecule has 0 fully saturated rings. The first-order valence-corrected chi connectivity index (χ1v) is 8.37. The van der Waals surface area contributed by atoms with Gasteiger partial charge in [-0.2, -0.15) is 0 Å². The summed E-state index contributed by atoms with van der Waals surface area (Å²) < 4.78 is 0. The van der Waals surface area contributed by atoms with Crippen molar-refractivity contribution in [3.05, 3.63) is 42.5 Å². The highest BCUT2D eigenvalue weighted by atomic mass is 15.1. The molecule has 0 spiro atoms. The third kappa shape index (κ3) is 4.65. The van der Waals surface area contributed by atoms with Gasteiger partial charge in [0.1, 0.15) is 0 Å². The summed E-state index contributed by atoms with van der Waals surface area (Å²) in [6.45, 7) is 11.2. The van der Waals surface area contributed by atoms with Crippen LogP contribution >= 0.6 is 0 Å². The largest absolute Gasteiger partial charge is 0.399 e. The lowest BCUT2D eigenvalue weighted by atomic mass is 10.0. The van der Waals surface area contributed by atoms with Gasteiger partial charge in [-0.1, -0.05) is 39.8 Å². The quantitative estimate of drug-likeness (QED) is 0.764. The van der Waals surface area contributed by atoms with Gasteiger partial charge in [-0.25, -0.2) is 0 Å². The number of benzene rings is 2. The molecule has 0 saturated carbocycles. The number of hydrogen-bond donors (Lipinski definition) is 2. The van der Waals surface area contributed by atoms with Crippen molar-refractivity contribution in [1.29, 1.82) is 0 Å². The molecule has 124 valence electrons. The van der Waals surface area contributed by atoms with Gasteiger partial charge in [0.05, 0.1) is 0 Å². The Morgan fingerprint density at radius 3 is 1.91 bits per heavy atom. The zero-order valence-corrected chi connectivity index (χ0v) is 14.7. The van der Waals surface area contributed by atoms with Crippen molar-refractivity contribution in [3.63, 3.8) is 0 Å². The Balaban J connectivity index is 2.27. The Hall–Kier alpha value is -2.16. The Kier molecular flexibility index (Phi) is 5.54. The molecule has 0 aromatic heterocycles. The Morgan fingerprint density at radius 1 is 0.826 bits per heavy atom. The van der Waals surface area contributed by atoms with Gasteiger partial charge in [0.25, 0.3) is 0 Å². The average molecular weight is 311 g/mol. The fourth-order valence-corrected chi connectivity index (χ4v) is 2.84. The molecule has 23 heavy (non-hydrogen) atoms. The molecule has 0 aliphatic rings. The van der Waals surface area contributed by atoms with E-state index in [1.165, 1.54) is 5.69 Å². The molecule has 0 saturated heterocycles. The van der Waals surface area contributed by atoms with Gasteiger partial charge in [-0.05, 0) is 47.7 Å². The molecular weight excluding hydrogens is 282 g/mol. The summed E-state index contributed by atoms with van der Waals surface area (Å²) in [5.41, 5.74) is 16.8. The van der Waals surface area contributed by atoms with Crippen molar-refractivity contribution in [2.45, 2.75) is 27.7 Å². The molecule has 0 unspecified atom stereocenters. The molecular formula is C20H29N3. The molecule has 0 bridgehead atoms. The Bertz CT molecular complexity index is 620. The van der Waals surface area contributed by atoms with Gasteiger partial charge < -0.3 is 16.4 Å². The molecule has 0 aliphatic heterocycles. The summed E-state index contributed by atoms with van der Waals surface area (Å²) >= 11 is 0. The highest BCUT2D eigenvalue weighted by molar-refractivity contribution is 5.80. The SMILES string of the molecule is CC(C)CN(CC(C)C)c1ccc(-c2cc(N)ccc2N)cc1. The minimum absolute atomic E-state index is 0.637. The topological polar surface area (TPSA) is 55.3 Å². The fourth-order valence-electron chi connectivity index (χ4n) is 2.84. The van der Waals surface area contributed by atoms with Gasteiger partial charge in [0.2, 0.25) is 0 Å². The van der Waals surface area contributed by atoms with Crippen LogP contribution in [0.25, 0.3) is 11.1 Å². The monoisotopic (exact) mass is 311 g/mol. The molecule has 2 aromatic carbocycles. The van der Waals surface area contributed by atoms with Crippen molar-refractivity contribution in [1.82, 2.24) is 0 Å². The Morgan fingerprint density at radius 2 is 1.39 bits per heavy atom. The summed E-state index contributed by atoms with van der Waals surface area (Å²) in [4.78, 5) is 2.46. The van der Waals surface area contributed by atoms with Crippen LogP contribution in [0.4, 0.5) is 17.1 Å². The summed E-state index contributed by atoms with van der Waals surface area (Å²) in [5, 5.41) is 0. The van der Waals surface area contributed by atoms with Gasteiger partial charge >= 0.3 is 0 Å². The molecule has 0 atom stereocenters.